The number of thioether (sulfide) groups is 1. The largest absolute Gasteiger partial charge is 0.460 e. The number of carbonyl (C=O) groups is 2. The second-order valence-electron chi connectivity index (χ2n) is 7.59. The zero-order valence-electron chi connectivity index (χ0n) is 17.4. The van der Waals surface area contributed by atoms with Gasteiger partial charge < -0.3 is 19.7 Å². The van der Waals surface area contributed by atoms with Crippen molar-refractivity contribution in [2.45, 2.75) is 38.3 Å². The van der Waals surface area contributed by atoms with E-state index in [2.05, 4.69) is 10.3 Å². The number of allylic oxidation sites excluding steroid dienone is 1. The van der Waals surface area contributed by atoms with Crippen molar-refractivity contribution >= 4 is 28.8 Å². The highest BCUT2D eigenvalue weighted by Crippen LogP contribution is 2.44. The number of fused-ring (bicyclic) bond motifs is 1. The van der Waals surface area contributed by atoms with E-state index in [1.54, 1.807) is 19.1 Å². The van der Waals surface area contributed by atoms with Crippen molar-refractivity contribution in [2.75, 3.05) is 20.3 Å². The predicted octanol–water partition coefficient (Wildman–Crippen LogP) is 3.26. The number of ether oxygens (including phenoxy) is 2. The normalized spacial score (nSPS) is 20.2. The highest BCUT2D eigenvalue weighted by molar-refractivity contribution is 8.16. The van der Waals surface area contributed by atoms with Crippen molar-refractivity contribution in [1.29, 1.82) is 0 Å². The number of hydrogen-bond donors (Lipinski definition) is 1. The Labute approximate surface area is 184 Å². The van der Waals surface area contributed by atoms with Crippen LogP contribution in [0.3, 0.4) is 0 Å². The standard InChI is InChI=1S/C22H24FN3O4S/c1-13-19(21(28)30-10-9-29-2)20(14-3-5-15(23)6-4-14)26-17(12-31-22(26)24-13)11-18(27)25-16-7-8-16/h3-6,12,16,20H,7-11H2,1-2H3,(H,25,27). The van der Waals surface area contributed by atoms with Gasteiger partial charge in [0.15, 0.2) is 5.17 Å². The van der Waals surface area contributed by atoms with E-state index in [0.717, 1.165) is 18.5 Å². The first-order chi connectivity index (χ1) is 15.0. The van der Waals surface area contributed by atoms with Crippen LogP contribution in [-0.4, -0.2) is 48.3 Å². The Bertz CT molecular complexity index is 969. The zero-order chi connectivity index (χ0) is 22.0. The lowest BCUT2D eigenvalue weighted by molar-refractivity contribution is -0.141. The molecular weight excluding hydrogens is 421 g/mol. The fourth-order valence-electron chi connectivity index (χ4n) is 3.56. The molecule has 1 aromatic carbocycles. The quantitative estimate of drug-likeness (QED) is 0.489. The molecule has 1 atom stereocenters. The highest BCUT2D eigenvalue weighted by Gasteiger charge is 2.41. The van der Waals surface area contributed by atoms with Crippen molar-refractivity contribution in [3.8, 4) is 0 Å². The molecule has 3 aliphatic rings. The summed E-state index contributed by atoms with van der Waals surface area (Å²) in [4.78, 5) is 31.9. The van der Waals surface area contributed by atoms with Gasteiger partial charge in [0.2, 0.25) is 5.91 Å². The average molecular weight is 446 g/mol. The molecule has 0 bridgehead atoms. The van der Waals surface area contributed by atoms with Crippen molar-refractivity contribution < 1.29 is 23.5 Å². The van der Waals surface area contributed by atoms with Crippen LogP contribution in [0.5, 0.6) is 0 Å². The number of halogens is 1. The van der Waals surface area contributed by atoms with Gasteiger partial charge in [0.05, 0.1) is 30.3 Å². The Morgan fingerprint density at radius 2 is 2.00 bits per heavy atom. The highest BCUT2D eigenvalue weighted by atomic mass is 32.2. The van der Waals surface area contributed by atoms with Gasteiger partial charge in [-0.25, -0.2) is 14.2 Å². The fourth-order valence-corrected chi connectivity index (χ4v) is 4.52. The van der Waals surface area contributed by atoms with Crippen LogP contribution in [0.25, 0.3) is 0 Å². The fraction of sp³-hybridized carbons (Fsp3) is 0.409. The number of amides is 1. The molecule has 2 aliphatic heterocycles. The summed E-state index contributed by atoms with van der Waals surface area (Å²) < 4.78 is 24.0. The van der Waals surface area contributed by atoms with Crippen LogP contribution in [0.15, 0.2) is 51.6 Å². The molecule has 1 unspecified atom stereocenters. The number of rotatable bonds is 8. The summed E-state index contributed by atoms with van der Waals surface area (Å²) in [5, 5.41) is 5.55. The molecule has 0 saturated heterocycles. The number of benzene rings is 1. The van der Waals surface area contributed by atoms with Gasteiger partial charge in [0.25, 0.3) is 0 Å². The first kappa shape index (κ1) is 21.6. The monoisotopic (exact) mass is 445 g/mol. The van der Waals surface area contributed by atoms with Crippen molar-refractivity contribution in [1.82, 2.24) is 10.2 Å². The van der Waals surface area contributed by atoms with Gasteiger partial charge in [-0.3, -0.25) is 4.79 Å². The van der Waals surface area contributed by atoms with Crippen molar-refractivity contribution in [3.05, 3.63) is 58.0 Å². The molecule has 4 rings (SSSR count). The van der Waals surface area contributed by atoms with Crippen LogP contribution in [-0.2, 0) is 19.1 Å². The minimum atomic E-state index is -0.571. The van der Waals surface area contributed by atoms with Gasteiger partial charge in [-0.1, -0.05) is 23.9 Å². The summed E-state index contributed by atoms with van der Waals surface area (Å²) in [6.45, 7) is 2.14. The zero-order valence-corrected chi connectivity index (χ0v) is 18.2. The van der Waals surface area contributed by atoms with Crippen LogP contribution in [0.1, 0.15) is 37.8 Å². The second kappa shape index (κ2) is 9.23. The van der Waals surface area contributed by atoms with Gasteiger partial charge in [-0.2, -0.15) is 0 Å². The molecule has 31 heavy (non-hydrogen) atoms. The first-order valence-electron chi connectivity index (χ1n) is 10.1. The Morgan fingerprint density at radius 1 is 1.26 bits per heavy atom. The van der Waals surface area contributed by atoms with Crippen LogP contribution < -0.4 is 5.32 Å². The molecule has 1 aliphatic carbocycles. The number of esters is 1. The molecule has 1 amide bonds. The maximum atomic E-state index is 13.6. The molecule has 0 radical (unpaired) electrons. The molecule has 164 valence electrons. The third-order valence-electron chi connectivity index (χ3n) is 5.21. The molecule has 1 aromatic rings. The minimum Gasteiger partial charge on any atom is -0.460 e. The second-order valence-corrected chi connectivity index (χ2v) is 8.43. The third-order valence-corrected chi connectivity index (χ3v) is 6.10. The Morgan fingerprint density at radius 3 is 2.68 bits per heavy atom. The maximum absolute atomic E-state index is 13.6. The lowest BCUT2D eigenvalue weighted by Gasteiger charge is -2.36. The van der Waals surface area contributed by atoms with Crippen LogP contribution in [0.2, 0.25) is 0 Å². The van der Waals surface area contributed by atoms with Gasteiger partial charge in [0, 0.05) is 18.8 Å². The number of hydrogen-bond acceptors (Lipinski definition) is 7. The third kappa shape index (κ3) is 4.83. The van der Waals surface area contributed by atoms with Gasteiger partial charge >= 0.3 is 5.97 Å². The molecule has 0 spiro atoms. The molecule has 1 fully saturated rings. The van der Waals surface area contributed by atoms with Gasteiger partial charge in [-0.05, 0) is 42.9 Å². The first-order valence-corrected chi connectivity index (χ1v) is 11.0. The number of aliphatic imine (C=N–C) groups is 1. The maximum Gasteiger partial charge on any atom is 0.338 e. The van der Waals surface area contributed by atoms with E-state index in [0.29, 0.717) is 22.0 Å². The van der Waals surface area contributed by atoms with Crippen LogP contribution >= 0.6 is 11.8 Å². The van der Waals surface area contributed by atoms with E-state index in [9.17, 15) is 14.0 Å². The smallest absolute Gasteiger partial charge is 0.338 e. The molecule has 7 nitrogen and oxygen atoms in total. The van der Waals surface area contributed by atoms with Crippen LogP contribution in [0, 0.1) is 5.82 Å². The number of nitrogens with zero attached hydrogens (tertiary/aromatic N) is 2. The average Bonchev–Trinajstić information content (AvgIpc) is 3.47. The number of nitrogens with one attached hydrogen (secondary N) is 1. The lowest BCUT2D eigenvalue weighted by Crippen LogP contribution is -2.38. The molecule has 2 heterocycles. The minimum absolute atomic E-state index is 0.0658. The van der Waals surface area contributed by atoms with E-state index in [-0.39, 0.29) is 37.4 Å². The van der Waals surface area contributed by atoms with Gasteiger partial charge in [0.1, 0.15) is 12.4 Å². The van der Waals surface area contributed by atoms with E-state index in [1.165, 1.54) is 31.0 Å². The molecule has 9 heteroatoms. The summed E-state index contributed by atoms with van der Waals surface area (Å²) in [5.74, 6) is -0.942. The van der Waals surface area contributed by atoms with E-state index in [4.69, 9.17) is 9.47 Å². The number of carbonyl (C=O) groups excluding carboxylic acids is 2. The molecule has 1 N–H and O–H groups in total. The molecule has 1 saturated carbocycles. The summed E-state index contributed by atoms with van der Waals surface area (Å²) >= 11 is 1.40. The van der Waals surface area contributed by atoms with Crippen molar-refractivity contribution in [2.24, 2.45) is 4.99 Å². The number of amidine groups is 1. The van der Waals surface area contributed by atoms with E-state index < -0.39 is 12.0 Å². The van der Waals surface area contributed by atoms with E-state index in [1.807, 2.05) is 10.3 Å². The van der Waals surface area contributed by atoms with Gasteiger partial charge in [-0.15, -0.1) is 0 Å². The SMILES string of the molecule is COCCOC(=O)C1=C(C)N=C2SC=C(CC(=O)NC3CC3)N2C1c1ccc(F)cc1. The lowest BCUT2D eigenvalue weighted by atomic mass is 9.94. The Kier molecular flexibility index (Phi) is 6.43. The topological polar surface area (TPSA) is 80.2 Å². The summed E-state index contributed by atoms with van der Waals surface area (Å²) in [7, 11) is 1.53. The Hall–Kier alpha value is -2.65. The van der Waals surface area contributed by atoms with E-state index >= 15 is 0 Å². The summed E-state index contributed by atoms with van der Waals surface area (Å²) in [5.41, 5.74) is 2.35. The number of methoxy groups -OCH3 is 1. The van der Waals surface area contributed by atoms with Crippen LogP contribution in [0.4, 0.5) is 4.39 Å². The predicted molar refractivity (Wildman–Crippen MR) is 115 cm³/mol. The van der Waals surface area contributed by atoms with Crippen molar-refractivity contribution in [3.63, 3.8) is 0 Å². The summed E-state index contributed by atoms with van der Waals surface area (Å²) in [6, 6.07) is 5.69. The summed E-state index contributed by atoms with van der Waals surface area (Å²) in [6.07, 6.45) is 2.19. The molecular formula is C22H24FN3O4S. The molecule has 0 aromatic heterocycles. The Balaban J connectivity index is 1.66.